The van der Waals surface area contributed by atoms with Crippen molar-refractivity contribution in [3.63, 3.8) is 0 Å². The van der Waals surface area contributed by atoms with E-state index in [0.29, 0.717) is 18.3 Å². The SMILES string of the molecule is CCNC(=NCc1cccc(OCC(=O)NC2CC2)c1)NCCCCC(C)C. The molecule has 1 aromatic rings. The van der Waals surface area contributed by atoms with E-state index in [-0.39, 0.29) is 12.5 Å². The van der Waals surface area contributed by atoms with Gasteiger partial charge in [0.25, 0.3) is 5.91 Å². The Kier molecular flexibility index (Phi) is 9.66. The topological polar surface area (TPSA) is 74.8 Å². The lowest BCUT2D eigenvalue weighted by Gasteiger charge is -2.12. The minimum absolute atomic E-state index is 0.0537. The predicted octanol–water partition coefficient (Wildman–Crippen LogP) is 3.23. The number of guanidine groups is 1. The van der Waals surface area contributed by atoms with Crippen molar-refractivity contribution >= 4 is 11.9 Å². The number of nitrogens with zero attached hydrogens (tertiary/aromatic N) is 1. The van der Waals surface area contributed by atoms with Gasteiger partial charge in [-0.1, -0.05) is 38.8 Å². The van der Waals surface area contributed by atoms with Crippen LogP contribution in [0.4, 0.5) is 0 Å². The molecule has 1 aliphatic carbocycles. The number of carbonyl (C=O) groups excluding carboxylic acids is 1. The van der Waals surface area contributed by atoms with Gasteiger partial charge in [-0.25, -0.2) is 4.99 Å². The summed E-state index contributed by atoms with van der Waals surface area (Å²) >= 11 is 0. The van der Waals surface area contributed by atoms with E-state index in [1.54, 1.807) is 0 Å². The first-order valence-electron chi connectivity index (χ1n) is 10.6. The number of aliphatic imine (C=N–C) groups is 1. The summed E-state index contributed by atoms with van der Waals surface area (Å²) in [5, 5.41) is 9.61. The molecule has 1 fully saturated rings. The zero-order valence-corrected chi connectivity index (χ0v) is 17.6. The van der Waals surface area contributed by atoms with Gasteiger partial charge in [0.2, 0.25) is 0 Å². The van der Waals surface area contributed by atoms with Gasteiger partial charge in [-0.15, -0.1) is 0 Å². The van der Waals surface area contributed by atoms with Crippen molar-refractivity contribution in [2.24, 2.45) is 10.9 Å². The van der Waals surface area contributed by atoms with Crippen LogP contribution >= 0.6 is 0 Å². The third kappa shape index (κ3) is 9.62. The van der Waals surface area contributed by atoms with Crippen LogP contribution in [-0.2, 0) is 11.3 Å². The molecule has 1 aromatic carbocycles. The molecule has 3 N–H and O–H groups in total. The highest BCUT2D eigenvalue weighted by molar-refractivity contribution is 5.79. The van der Waals surface area contributed by atoms with Gasteiger partial charge < -0.3 is 20.7 Å². The van der Waals surface area contributed by atoms with Crippen molar-refractivity contribution < 1.29 is 9.53 Å². The van der Waals surface area contributed by atoms with E-state index < -0.39 is 0 Å². The Morgan fingerprint density at radius 1 is 1.25 bits per heavy atom. The third-order valence-corrected chi connectivity index (χ3v) is 4.48. The van der Waals surface area contributed by atoms with E-state index in [1.807, 2.05) is 24.3 Å². The molecule has 0 heterocycles. The van der Waals surface area contributed by atoms with Gasteiger partial charge in [-0.3, -0.25) is 4.79 Å². The monoisotopic (exact) mass is 388 g/mol. The summed E-state index contributed by atoms with van der Waals surface area (Å²) in [6.07, 6.45) is 5.81. The van der Waals surface area contributed by atoms with Gasteiger partial charge in [0.05, 0.1) is 6.54 Å². The fraction of sp³-hybridized carbons (Fsp3) is 0.636. The maximum atomic E-state index is 11.7. The molecule has 0 aromatic heterocycles. The molecule has 0 saturated heterocycles. The van der Waals surface area contributed by atoms with Crippen molar-refractivity contribution in [1.29, 1.82) is 0 Å². The van der Waals surface area contributed by atoms with Gasteiger partial charge >= 0.3 is 0 Å². The molecule has 28 heavy (non-hydrogen) atoms. The largest absolute Gasteiger partial charge is 0.484 e. The van der Waals surface area contributed by atoms with Crippen molar-refractivity contribution in [1.82, 2.24) is 16.0 Å². The smallest absolute Gasteiger partial charge is 0.258 e. The highest BCUT2D eigenvalue weighted by atomic mass is 16.5. The van der Waals surface area contributed by atoms with E-state index in [0.717, 1.165) is 49.8 Å². The van der Waals surface area contributed by atoms with Gasteiger partial charge in [-0.2, -0.15) is 0 Å². The van der Waals surface area contributed by atoms with Gasteiger partial charge in [0.15, 0.2) is 12.6 Å². The van der Waals surface area contributed by atoms with Crippen molar-refractivity contribution in [2.75, 3.05) is 19.7 Å². The molecule has 2 rings (SSSR count). The maximum absolute atomic E-state index is 11.7. The number of hydrogen-bond donors (Lipinski definition) is 3. The van der Waals surface area contributed by atoms with Crippen LogP contribution in [0, 0.1) is 5.92 Å². The van der Waals surface area contributed by atoms with E-state index in [2.05, 4.69) is 41.7 Å². The zero-order valence-electron chi connectivity index (χ0n) is 17.6. The molecule has 1 aliphatic rings. The quantitative estimate of drug-likeness (QED) is 0.292. The van der Waals surface area contributed by atoms with E-state index in [9.17, 15) is 4.79 Å². The van der Waals surface area contributed by atoms with Crippen LogP contribution in [0.15, 0.2) is 29.3 Å². The van der Waals surface area contributed by atoms with Crippen molar-refractivity contribution in [3.8, 4) is 5.75 Å². The summed E-state index contributed by atoms with van der Waals surface area (Å²) in [6.45, 7) is 8.97. The average Bonchev–Trinajstić information content (AvgIpc) is 3.48. The first kappa shape index (κ1) is 22.1. The highest BCUT2D eigenvalue weighted by Gasteiger charge is 2.23. The van der Waals surface area contributed by atoms with Crippen LogP contribution < -0.4 is 20.7 Å². The number of benzene rings is 1. The Morgan fingerprint density at radius 3 is 2.79 bits per heavy atom. The fourth-order valence-electron chi connectivity index (χ4n) is 2.78. The second-order valence-electron chi connectivity index (χ2n) is 7.79. The minimum Gasteiger partial charge on any atom is -0.484 e. The number of carbonyl (C=O) groups is 1. The molecular weight excluding hydrogens is 352 g/mol. The Balaban J connectivity index is 1.77. The first-order chi connectivity index (χ1) is 13.6. The first-order valence-corrected chi connectivity index (χ1v) is 10.6. The molecule has 0 bridgehead atoms. The summed E-state index contributed by atoms with van der Waals surface area (Å²) < 4.78 is 5.61. The second-order valence-corrected chi connectivity index (χ2v) is 7.79. The molecule has 0 atom stereocenters. The molecular formula is C22H36N4O2. The summed E-state index contributed by atoms with van der Waals surface area (Å²) in [5.74, 6) is 2.24. The van der Waals surface area contributed by atoms with Crippen molar-refractivity contribution in [3.05, 3.63) is 29.8 Å². The Bertz CT molecular complexity index is 627. The van der Waals surface area contributed by atoms with Crippen LogP contribution in [0.1, 0.15) is 58.4 Å². The van der Waals surface area contributed by atoms with Gasteiger partial charge in [0, 0.05) is 19.1 Å². The standard InChI is InChI=1S/C22H36N4O2/c1-4-23-22(24-13-6-5-8-17(2)3)25-15-18-9-7-10-20(14-18)28-16-21(27)26-19-11-12-19/h7,9-10,14,17,19H,4-6,8,11-13,15-16H2,1-3H3,(H,26,27)(H2,23,24,25). The van der Waals surface area contributed by atoms with Crippen molar-refractivity contribution in [2.45, 2.75) is 65.5 Å². The highest BCUT2D eigenvalue weighted by Crippen LogP contribution is 2.18. The lowest BCUT2D eigenvalue weighted by molar-refractivity contribution is -0.123. The molecule has 6 heteroatoms. The van der Waals surface area contributed by atoms with Crippen LogP contribution in [0.3, 0.4) is 0 Å². The number of rotatable bonds is 12. The number of unbranched alkanes of at least 4 members (excludes halogenated alkanes) is 1. The second kappa shape index (κ2) is 12.3. The predicted molar refractivity (Wildman–Crippen MR) is 115 cm³/mol. The summed E-state index contributed by atoms with van der Waals surface area (Å²) in [4.78, 5) is 16.4. The molecule has 0 spiro atoms. The van der Waals surface area contributed by atoms with Crippen LogP contribution in [0.25, 0.3) is 0 Å². The normalized spacial score (nSPS) is 14.1. The third-order valence-electron chi connectivity index (χ3n) is 4.48. The van der Waals surface area contributed by atoms with Gasteiger partial charge in [0.1, 0.15) is 5.75 Å². The number of nitrogens with one attached hydrogen (secondary N) is 3. The van der Waals surface area contributed by atoms with Crippen LogP contribution in [0.5, 0.6) is 5.75 Å². The Labute approximate surface area is 169 Å². The van der Waals surface area contributed by atoms with Crippen LogP contribution in [0.2, 0.25) is 0 Å². The number of amides is 1. The fourth-order valence-corrected chi connectivity index (χ4v) is 2.78. The van der Waals surface area contributed by atoms with E-state index >= 15 is 0 Å². The minimum atomic E-state index is -0.0537. The molecule has 156 valence electrons. The van der Waals surface area contributed by atoms with E-state index in [1.165, 1.54) is 12.8 Å². The molecule has 0 radical (unpaired) electrons. The van der Waals surface area contributed by atoms with Gasteiger partial charge in [-0.05, 0) is 49.8 Å². The molecule has 0 aliphatic heterocycles. The molecule has 1 saturated carbocycles. The Hall–Kier alpha value is -2.24. The summed E-state index contributed by atoms with van der Waals surface area (Å²) in [6, 6.07) is 8.13. The average molecular weight is 389 g/mol. The number of hydrogen-bond acceptors (Lipinski definition) is 3. The Morgan fingerprint density at radius 2 is 2.07 bits per heavy atom. The lowest BCUT2D eigenvalue weighted by atomic mass is 10.1. The lowest BCUT2D eigenvalue weighted by Crippen LogP contribution is -2.37. The zero-order chi connectivity index (χ0) is 20.2. The molecule has 0 unspecified atom stereocenters. The van der Waals surface area contributed by atoms with Crippen LogP contribution in [-0.4, -0.2) is 37.6 Å². The summed E-state index contributed by atoms with van der Waals surface area (Å²) in [7, 11) is 0. The number of ether oxygens (including phenoxy) is 1. The molecule has 6 nitrogen and oxygen atoms in total. The van der Waals surface area contributed by atoms with E-state index in [4.69, 9.17) is 4.74 Å². The molecule has 1 amide bonds. The summed E-state index contributed by atoms with van der Waals surface area (Å²) in [5.41, 5.74) is 1.05. The maximum Gasteiger partial charge on any atom is 0.258 e.